The van der Waals surface area contributed by atoms with Gasteiger partial charge in [-0.1, -0.05) is 30.3 Å². The number of rotatable bonds is 1. The Morgan fingerprint density at radius 3 is 2.57 bits per heavy atom. The van der Waals surface area contributed by atoms with Crippen LogP contribution in [0.3, 0.4) is 0 Å². The van der Waals surface area contributed by atoms with Gasteiger partial charge in [0, 0.05) is 25.4 Å². The molecule has 3 rings (SSSR count). The monoisotopic (exact) mass is 316 g/mol. The Morgan fingerprint density at radius 2 is 2.00 bits per heavy atom. The molecule has 0 saturated carbocycles. The third kappa shape index (κ3) is 3.19. The van der Waals surface area contributed by atoms with Crippen LogP contribution in [-0.2, 0) is 9.53 Å². The van der Waals surface area contributed by atoms with E-state index in [0.717, 1.165) is 12.0 Å². The molecule has 5 heteroatoms. The van der Waals surface area contributed by atoms with Crippen molar-refractivity contribution in [1.29, 1.82) is 0 Å². The van der Waals surface area contributed by atoms with E-state index in [9.17, 15) is 9.59 Å². The Morgan fingerprint density at radius 1 is 1.30 bits per heavy atom. The zero-order chi connectivity index (χ0) is 16.7. The van der Waals surface area contributed by atoms with E-state index in [1.807, 2.05) is 39.0 Å². The molecule has 2 unspecified atom stereocenters. The van der Waals surface area contributed by atoms with Crippen LogP contribution in [0.4, 0.5) is 4.79 Å². The summed E-state index contributed by atoms with van der Waals surface area (Å²) in [6.07, 6.45) is 0.965. The highest BCUT2D eigenvalue weighted by atomic mass is 16.6. The van der Waals surface area contributed by atoms with Crippen LogP contribution in [0.5, 0.6) is 0 Å². The van der Waals surface area contributed by atoms with Crippen molar-refractivity contribution in [1.82, 2.24) is 10.2 Å². The van der Waals surface area contributed by atoms with Crippen molar-refractivity contribution in [3.63, 3.8) is 0 Å². The number of nitrogens with zero attached hydrogens (tertiary/aromatic N) is 1. The van der Waals surface area contributed by atoms with E-state index in [4.69, 9.17) is 4.74 Å². The minimum Gasteiger partial charge on any atom is -0.444 e. The summed E-state index contributed by atoms with van der Waals surface area (Å²) < 4.78 is 5.51. The summed E-state index contributed by atoms with van der Waals surface area (Å²) in [5, 5.41) is 3.14. The van der Waals surface area contributed by atoms with Crippen molar-refractivity contribution in [2.45, 2.75) is 50.7 Å². The van der Waals surface area contributed by atoms with Gasteiger partial charge in [-0.25, -0.2) is 4.79 Å². The number of benzene rings is 1. The maximum Gasteiger partial charge on any atom is 0.410 e. The van der Waals surface area contributed by atoms with Gasteiger partial charge < -0.3 is 15.0 Å². The minimum absolute atomic E-state index is 0.0666. The van der Waals surface area contributed by atoms with Crippen LogP contribution in [0.2, 0.25) is 0 Å². The molecule has 23 heavy (non-hydrogen) atoms. The molecule has 1 aromatic rings. The van der Waals surface area contributed by atoms with Gasteiger partial charge in [0.25, 0.3) is 0 Å². The van der Waals surface area contributed by atoms with Gasteiger partial charge in [0.2, 0.25) is 5.91 Å². The first-order valence-electron chi connectivity index (χ1n) is 8.13. The molecule has 5 nitrogen and oxygen atoms in total. The average Bonchev–Trinajstić information content (AvgIpc) is 3.02. The van der Waals surface area contributed by atoms with E-state index < -0.39 is 5.60 Å². The molecule has 1 N–H and O–H groups in total. The van der Waals surface area contributed by atoms with E-state index in [1.54, 1.807) is 4.90 Å². The van der Waals surface area contributed by atoms with Crippen LogP contribution in [-0.4, -0.2) is 41.1 Å². The van der Waals surface area contributed by atoms with Crippen LogP contribution >= 0.6 is 0 Å². The van der Waals surface area contributed by atoms with Crippen LogP contribution < -0.4 is 5.32 Å². The topological polar surface area (TPSA) is 58.6 Å². The third-order valence-corrected chi connectivity index (χ3v) is 4.58. The molecule has 2 heterocycles. The van der Waals surface area contributed by atoms with Crippen molar-refractivity contribution in [3.05, 3.63) is 35.9 Å². The number of hydrogen-bond acceptors (Lipinski definition) is 3. The Hall–Kier alpha value is -2.04. The Kier molecular flexibility index (Phi) is 3.82. The SMILES string of the molecule is CC(C)(C)OC(=O)N1CC(c2ccccc2)C2(CCC(=O)N2)C1. The number of carbonyl (C=O) groups is 2. The van der Waals surface area contributed by atoms with Gasteiger partial charge in [0.1, 0.15) is 5.60 Å². The van der Waals surface area contributed by atoms with Crippen molar-refractivity contribution in [3.8, 4) is 0 Å². The van der Waals surface area contributed by atoms with Crippen molar-refractivity contribution in [2.24, 2.45) is 0 Å². The van der Waals surface area contributed by atoms with Crippen molar-refractivity contribution >= 4 is 12.0 Å². The summed E-state index contributed by atoms with van der Waals surface area (Å²) in [5.74, 6) is 0.166. The minimum atomic E-state index is -0.520. The highest BCUT2D eigenvalue weighted by Gasteiger charge is 2.52. The molecule has 0 bridgehead atoms. The zero-order valence-electron chi connectivity index (χ0n) is 14.0. The van der Waals surface area contributed by atoms with Gasteiger partial charge in [-0.05, 0) is 32.8 Å². The van der Waals surface area contributed by atoms with E-state index >= 15 is 0 Å². The number of carbonyl (C=O) groups excluding carboxylic acids is 2. The first kappa shape index (κ1) is 15.8. The molecule has 2 aliphatic heterocycles. The molecule has 1 spiro atoms. The van der Waals surface area contributed by atoms with Gasteiger partial charge in [0.05, 0.1) is 5.54 Å². The first-order valence-corrected chi connectivity index (χ1v) is 8.13. The second-order valence-corrected chi connectivity index (χ2v) is 7.53. The molecular weight excluding hydrogens is 292 g/mol. The predicted octanol–water partition coefficient (Wildman–Crippen LogP) is 2.67. The second-order valence-electron chi connectivity index (χ2n) is 7.53. The fourth-order valence-corrected chi connectivity index (χ4v) is 3.60. The maximum atomic E-state index is 12.5. The van der Waals surface area contributed by atoms with E-state index in [0.29, 0.717) is 19.5 Å². The van der Waals surface area contributed by atoms with Crippen LogP contribution in [0.1, 0.15) is 45.1 Å². The lowest BCUT2D eigenvalue weighted by molar-refractivity contribution is -0.119. The van der Waals surface area contributed by atoms with Crippen molar-refractivity contribution < 1.29 is 14.3 Å². The Balaban J connectivity index is 1.86. The molecule has 0 aliphatic carbocycles. The standard InChI is InChI=1S/C18H24N2O3/c1-17(2,3)23-16(22)20-11-14(13-7-5-4-6-8-13)18(12-20)10-9-15(21)19-18/h4-8,14H,9-12H2,1-3H3,(H,19,21). The van der Waals surface area contributed by atoms with E-state index in [2.05, 4.69) is 17.4 Å². The van der Waals surface area contributed by atoms with Gasteiger partial charge in [-0.3, -0.25) is 4.79 Å². The van der Waals surface area contributed by atoms with Crippen LogP contribution in [0.25, 0.3) is 0 Å². The summed E-state index contributed by atoms with van der Waals surface area (Å²) in [6.45, 7) is 6.67. The van der Waals surface area contributed by atoms with Gasteiger partial charge >= 0.3 is 6.09 Å². The van der Waals surface area contributed by atoms with Gasteiger partial charge in [-0.15, -0.1) is 0 Å². The second kappa shape index (κ2) is 5.55. The van der Waals surface area contributed by atoms with Crippen molar-refractivity contribution in [2.75, 3.05) is 13.1 Å². The molecule has 0 radical (unpaired) electrons. The summed E-state index contributed by atoms with van der Waals surface area (Å²) in [5.41, 5.74) is 0.268. The zero-order valence-corrected chi connectivity index (χ0v) is 14.0. The number of hydrogen-bond donors (Lipinski definition) is 1. The smallest absolute Gasteiger partial charge is 0.410 e. The molecule has 0 aromatic heterocycles. The Labute approximate surface area is 137 Å². The fraction of sp³-hybridized carbons (Fsp3) is 0.556. The normalized spacial score (nSPS) is 27.3. The predicted molar refractivity (Wildman–Crippen MR) is 87.1 cm³/mol. The molecule has 2 amide bonds. The highest BCUT2D eigenvalue weighted by molar-refractivity contribution is 5.80. The highest BCUT2D eigenvalue weighted by Crippen LogP contribution is 2.42. The molecule has 124 valence electrons. The summed E-state index contributed by atoms with van der Waals surface area (Å²) in [4.78, 5) is 26.0. The number of likely N-dealkylation sites (tertiary alicyclic amines) is 1. The van der Waals surface area contributed by atoms with Gasteiger partial charge in [-0.2, -0.15) is 0 Å². The lowest BCUT2D eigenvalue weighted by Crippen LogP contribution is -2.48. The summed E-state index contributed by atoms with van der Waals surface area (Å²) >= 11 is 0. The molecule has 2 aliphatic rings. The van der Waals surface area contributed by atoms with Crippen LogP contribution in [0, 0.1) is 0 Å². The number of nitrogens with one attached hydrogen (secondary N) is 1. The fourth-order valence-electron chi connectivity index (χ4n) is 3.60. The summed E-state index contributed by atoms with van der Waals surface area (Å²) in [6, 6.07) is 10.1. The average molecular weight is 316 g/mol. The first-order chi connectivity index (χ1) is 10.8. The van der Waals surface area contributed by atoms with Crippen LogP contribution in [0.15, 0.2) is 30.3 Å². The molecule has 2 fully saturated rings. The lowest BCUT2D eigenvalue weighted by atomic mass is 9.81. The third-order valence-electron chi connectivity index (χ3n) is 4.58. The van der Waals surface area contributed by atoms with E-state index in [1.165, 1.54) is 0 Å². The maximum absolute atomic E-state index is 12.5. The molecule has 2 atom stereocenters. The Bertz CT molecular complexity index is 608. The molecular formula is C18H24N2O3. The lowest BCUT2D eigenvalue weighted by Gasteiger charge is -2.30. The number of amides is 2. The van der Waals surface area contributed by atoms with Gasteiger partial charge in [0.15, 0.2) is 0 Å². The quantitative estimate of drug-likeness (QED) is 0.866. The molecule has 2 saturated heterocycles. The molecule has 1 aromatic carbocycles. The van der Waals surface area contributed by atoms with E-state index in [-0.39, 0.29) is 23.5 Å². The number of ether oxygens (including phenoxy) is 1. The summed E-state index contributed by atoms with van der Waals surface area (Å²) in [7, 11) is 0. The largest absolute Gasteiger partial charge is 0.444 e.